The molecule has 1 aromatic carbocycles. The van der Waals surface area contributed by atoms with E-state index in [1.807, 2.05) is 26.0 Å². The van der Waals surface area contributed by atoms with Crippen LogP contribution in [0.4, 0.5) is 5.82 Å². The van der Waals surface area contributed by atoms with Gasteiger partial charge in [0.1, 0.15) is 29.4 Å². The quantitative estimate of drug-likeness (QED) is 0.472. The van der Waals surface area contributed by atoms with Gasteiger partial charge >= 0.3 is 0 Å². The highest BCUT2D eigenvalue weighted by atomic mass is 16.3. The third kappa shape index (κ3) is 3.97. The van der Waals surface area contributed by atoms with Crippen molar-refractivity contribution in [3.8, 4) is 5.82 Å². The number of rotatable bonds is 5. The van der Waals surface area contributed by atoms with Crippen LogP contribution in [0.3, 0.4) is 0 Å². The molecule has 0 bridgehead atoms. The van der Waals surface area contributed by atoms with Gasteiger partial charge < -0.3 is 14.6 Å². The van der Waals surface area contributed by atoms with Crippen molar-refractivity contribution in [1.82, 2.24) is 34.3 Å². The first kappa shape index (κ1) is 22.2. The van der Waals surface area contributed by atoms with E-state index in [-0.39, 0.29) is 5.92 Å². The molecule has 4 aromatic rings. The van der Waals surface area contributed by atoms with Gasteiger partial charge in [0.2, 0.25) is 0 Å². The Kier molecular flexibility index (Phi) is 5.51. The standard InChI is InChI=1S/C26H32N8O/c1-16-27-22(33-14-19(15-33)25-30-20-11-7-8-12-21(20)32(25)3)13-23(28-16)34-26(29-17(2)31-34)24(35)18-9-5-4-6-10-18/h7-8,11-13,18-19,24,35H,4-6,9-10,14-15H2,1-3H3/t24-/m0/s1. The van der Waals surface area contributed by atoms with Crippen LogP contribution in [0.15, 0.2) is 30.3 Å². The van der Waals surface area contributed by atoms with E-state index in [1.165, 1.54) is 6.42 Å². The van der Waals surface area contributed by atoms with E-state index < -0.39 is 6.10 Å². The lowest BCUT2D eigenvalue weighted by Crippen LogP contribution is -2.46. The molecule has 0 unspecified atom stereocenters. The Morgan fingerprint density at radius 2 is 1.66 bits per heavy atom. The number of imidazole rings is 1. The lowest BCUT2D eigenvalue weighted by molar-refractivity contribution is 0.0751. The molecular formula is C26H32N8O. The monoisotopic (exact) mass is 472 g/mol. The van der Waals surface area contributed by atoms with E-state index in [2.05, 4.69) is 49.8 Å². The van der Waals surface area contributed by atoms with E-state index in [9.17, 15) is 5.11 Å². The molecule has 3 aromatic heterocycles. The smallest absolute Gasteiger partial charge is 0.163 e. The maximum absolute atomic E-state index is 11.2. The van der Waals surface area contributed by atoms with Gasteiger partial charge in [0.15, 0.2) is 11.6 Å². The SMILES string of the molecule is Cc1nc(N2CC(c3nc4ccccc4n3C)C2)cc(-n2nc(C)nc2[C@@H](O)C2CCCCC2)n1. The molecule has 1 aliphatic heterocycles. The zero-order valence-electron chi connectivity index (χ0n) is 20.6. The molecule has 2 fully saturated rings. The molecular weight excluding hydrogens is 440 g/mol. The highest BCUT2D eigenvalue weighted by Crippen LogP contribution is 2.35. The molecule has 1 aliphatic carbocycles. The average Bonchev–Trinajstić information content (AvgIpc) is 3.38. The number of aryl methyl sites for hydroxylation is 3. The first-order valence-electron chi connectivity index (χ1n) is 12.6. The van der Waals surface area contributed by atoms with Gasteiger partial charge in [-0.25, -0.2) is 19.9 Å². The van der Waals surface area contributed by atoms with Gasteiger partial charge in [0.05, 0.1) is 17.0 Å². The highest BCUT2D eigenvalue weighted by molar-refractivity contribution is 5.76. The summed E-state index contributed by atoms with van der Waals surface area (Å²) < 4.78 is 3.92. The Morgan fingerprint density at radius 3 is 2.43 bits per heavy atom. The van der Waals surface area contributed by atoms with E-state index in [0.29, 0.717) is 29.2 Å². The molecule has 9 heteroatoms. The number of para-hydroxylation sites is 2. The number of fused-ring (bicyclic) bond motifs is 1. The third-order valence-electron chi connectivity index (χ3n) is 7.52. The number of aromatic nitrogens is 7. The summed E-state index contributed by atoms with van der Waals surface area (Å²) in [6.45, 7) is 5.46. The second kappa shape index (κ2) is 8.71. The zero-order chi connectivity index (χ0) is 24.1. The molecule has 0 amide bonds. The van der Waals surface area contributed by atoms with Crippen molar-refractivity contribution in [3.05, 3.63) is 53.6 Å². The molecule has 6 rings (SSSR count). The number of benzene rings is 1. The van der Waals surface area contributed by atoms with E-state index in [4.69, 9.17) is 9.97 Å². The lowest BCUT2D eigenvalue weighted by Gasteiger charge is -2.39. The highest BCUT2D eigenvalue weighted by Gasteiger charge is 2.34. The van der Waals surface area contributed by atoms with E-state index >= 15 is 0 Å². The number of aliphatic hydroxyl groups excluding tert-OH is 1. The normalized spacial score (nSPS) is 18.2. The fourth-order valence-electron chi connectivity index (χ4n) is 5.62. The van der Waals surface area contributed by atoms with Crippen LogP contribution in [-0.2, 0) is 7.05 Å². The van der Waals surface area contributed by atoms with Crippen molar-refractivity contribution in [2.75, 3.05) is 18.0 Å². The first-order chi connectivity index (χ1) is 17.0. The van der Waals surface area contributed by atoms with Crippen LogP contribution in [0.25, 0.3) is 16.9 Å². The summed E-state index contributed by atoms with van der Waals surface area (Å²) in [5, 5.41) is 15.8. The molecule has 0 radical (unpaired) electrons. The lowest BCUT2D eigenvalue weighted by atomic mass is 9.85. The Morgan fingerprint density at radius 1 is 0.914 bits per heavy atom. The van der Waals surface area contributed by atoms with Gasteiger partial charge in [0.25, 0.3) is 0 Å². The molecule has 0 spiro atoms. The minimum Gasteiger partial charge on any atom is -0.385 e. The number of hydrogen-bond acceptors (Lipinski definition) is 7. The Balaban J connectivity index is 1.26. The van der Waals surface area contributed by atoms with Crippen molar-refractivity contribution >= 4 is 16.9 Å². The van der Waals surface area contributed by atoms with Crippen LogP contribution in [0.2, 0.25) is 0 Å². The fraction of sp³-hybridized carbons (Fsp3) is 0.500. The second-order valence-electron chi connectivity index (χ2n) is 10.0. The van der Waals surface area contributed by atoms with Crippen molar-refractivity contribution in [1.29, 1.82) is 0 Å². The van der Waals surface area contributed by atoms with Gasteiger partial charge in [-0.05, 0) is 44.7 Å². The minimum atomic E-state index is -0.638. The first-order valence-corrected chi connectivity index (χ1v) is 12.6. The average molecular weight is 473 g/mol. The largest absolute Gasteiger partial charge is 0.385 e. The summed E-state index contributed by atoms with van der Waals surface area (Å²) in [4.78, 5) is 21.1. The van der Waals surface area contributed by atoms with Crippen molar-refractivity contribution in [2.45, 2.75) is 58.0 Å². The summed E-state index contributed by atoms with van der Waals surface area (Å²) in [6.07, 6.45) is 4.98. The van der Waals surface area contributed by atoms with Crippen molar-refractivity contribution < 1.29 is 5.11 Å². The molecule has 35 heavy (non-hydrogen) atoms. The molecule has 2 aliphatic rings. The summed E-state index contributed by atoms with van der Waals surface area (Å²) in [7, 11) is 2.09. The van der Waals surface area contributed by atoms with Gasteiger partial charge in [-0.1, -0.05) is 31.4 Å². The summed E-state index contributed by atoms with van der Waals surface area (Å²) >= 11 is 0. The van der Waals surface area contributed by atoms with E-state index in [1.54, 1.807) is 4.68 Å². The Hall–Kier alpha value is -3.33. The molecule has 1 saturated heterocycles. The van der Waals surface area contributed by atoms with Gasteiger partial charge in [-0.15, -0.1) is 5.10 Å². The van der Waals surface area contributed by atoms with Crippen molar-refractivity contribution in [2.24, 2.45) is 13.0 Å². The minimum absolute atomic E-state index is 0.220. The maximum atomic E-state index is 11.2. The topological polar surface area (TPSA) is 97.8 Å². The predicted molar refractivity (Wildman–Crippen MR) is 134 cm³/mol. The van der Waals surface area contributed by atoms with Crippen LogP contribution < -0.4 is 4.90 Å². The molecule has 4 heterocycles. The molecule has 1 saturated carbocycles. The fourth-order valence-corrected chi connectivity index (χ4v) is 5.62. The number of aliphatic hydroxyl groups is 1. The van der Waals surface area contributed by atoms with Gasteiger partial charge in [-0.3, -0.25) is 0 Å². The number of anilines is 1. The maximum Gasteiger partial charge on any atom is 0.163 e. The van der Waals surface area contributed by atoms with Crippen LogP contribution in [0.5, 0.6) is 0 Å². The predicted octanol–water partition coefficient (Wildman–Crippen LogP) is 3.78. The van der Waals surface area contributed by atoms with Gasteiger partial charge in [0, 0.05) is 26.2 Å². The Bertz CT molecular complexity index is 1360. The molecule has 9 nitrogen and oxygen atoms in total. The van der Waals surface area contributed by atoms with Gasteiger partial charge in [-0.2, -0.15) is 4.68 Å². The summed E-state index contributed by atoms with van der Waals surface area (Å²) in [5.41, 5.74) is 2.20. The number of nitrogens with zero attached hydrogens (tertiary/aromatic N) is 8. The van der Waals surface area contributed by atoms with Crippen LogP contribution in [-0.4, -0.2) is 52.5 Å². The van der Waals surface area contributed by atoms with E-state index in [0.717, 1.165) is 61.4 Å². The number of hydrogen-bond donors (Lipinski definition) is 1. The second-order valence-corrected chi connectivity index (χ2v) is 10.0. The molecule has 1 atom stereocenters. The van der Waals surface area contributed by atoms with Crippen LogP contribution >= 0.6 is 0 Å². The molecule has 1 N–H and O–H groups in total. The third-order valence-corrected chi connectivity index (χ3v) is 7.52. The van der Waals surface area contributed by atoms with Crippen molar-refractivity contribution in [3.63, 3.8) is 0 Å². The zero-order valence-corrected chi connectivity index (χ0v) is 20.6. The Labute approximate surface area is 204 Å². The van der Waals surface area contributed by atoms with Crippen LogP contribution in [0, 0.1) is 19.8 Å². The molecule has 182 valence electrons. The summed E-state index contributed by atoms with van der Waals surface area (Å²) in [5.74, 6) is 5.10. The summed E-state index contributed by atoms with van der Waals surface area (Å²) in [6, 6.07) is 10.2. The van der Waals surface area contributed by atoms with Crippen LogP contribution in [0.1, 0.15) is 67.4 Å².